The number of ether oxygens (including phenoxy) is 1. The molecule has 0 spiro atoms. The Bertz CT molecular complexity index is 344. The maximum atomic E-state index is 5.72. The van der Waals surface area contributed by atoms with Crippen LogP contribution in [0.2, 0.25) is 0 Å². The lowest BCUT2D eigenvalue weighted by Crippen LogP contribution is -2.32. The van der Waals surface area contributed by atoms with Crippen LogP contribution in [0.4, 0.5) is 5.69 Å². The zero-order chi connectivity index (χ0) is 12.8. The fourth-order valence-corrected chi connectivity index (χ4v) is 2.51. The molecular weight excluding hydrogens is 224 g/mol. The first-order valence-electron chi connectivity index (χ1n) is 6.96. The van der Waals surface area contributed by atoms with E-state index in [1.165, 1.54) is 24.8 Å². The number of nitrogens with two attached hydrogens (primary N) is 1. The molecule has 0 saturated carbocycles. The third-order valence-electron chi connectivity index (χ3n) is 3.41. The molecule has 18 heavy (non-hydrogen) atoms. The zero-order valence-electron chi connectivity index (χ0n) is 11.3. The van der Waals surface area contributed by atoms with Crippen molar-refractivity contribution in [2.45, 2.75) is 38.8 Å². The molecule has 1 atom stereocenters. The molecule has 1 saturated heterocycles. The fourth-order valence-electron chi connectivity index (χ4n) is 2.51. The van der Waals surface area contributed by atoms with Crippen molar-refractivity contribution in [3.8, 4) is 0 Å². The van der Waals surface area contributed by atoms with Crippen LogP contribution in [0.1, 0.15) is 31.7 Å². The molecule has 1 fully saturated rings. The van der Waals surface area contributed by atoms with E-state index in [1.54, 1.807) is 0 Å². The summed E-state index contributed by atoms with van der Waals surface area (Å²) in [6.45, 7) is 6.34. The van der Waals surface area contributed by atoms with E-state index in [-0.39, 0.29) is 0 Å². The fraction of sp³-hybridized carbons (Fsp3) is 0.600. The highest BCUT2D eigenvalue weighted by atomic mass is 16.5. The lowest BCUT2D eigenvalue weighted by Gasteiger charge is -2.24. The first-order chi connectivity index (χ1) is 8.78. The molecule has 2 N–H and O–H groups in total. The van der Waals surface area contributed by atoms with Gasteiger partial charge in [-0.15, -0.1) is 0 Å². The standard InChI is InChI=1S/C15H24N2O/c1-2-9-17(12-15-4-3-10-18-15)11-13-5-7-14(16)8-6-13/h5-8,15H,2-4,9-12,16H2,1H3. The van der Waals surface area contributed by atoms with Gasteiger partial charge in [-0.3, -0.25) is 4.90 Å². The largest absolute Gasteiger partial charge is 0.399 e. The molecular formula is C15H24N2O. The lowest BCUT2D eigenvalue weighted by atomic mass is 10.1. The van der Waals surface area contributed by atoms with E-state index < -0.39 is 0 Å². The molecule has 1 aromatic carbocycles. The van der Waals surface area contributed by atoms with Gasteiger partial charge < -0.3 is 10.5 Å². The van der Waals surface area contributed by atoms with Gasteiger partial charge in [0.15, 0.2) is 0 Å². The lowest BCUT2D eigenvalue weighted by molar-refractivity contribution is 0.0706. The molecule has 100 valence electrons. The molecule has 1 aliphatic heterocycles. The number of rotatable bonds is 6. The van der Waals surface area contributed by atoms with Crippen molar-refractivity contribution < 1.29 is 4.74 Å². The molecule has 0 bridgehead atoms. The van der Waals surface area contributed by atoms with Crippen molar-refractivity contribution in [1.82, 2.24) is 4.90 Å². The molecule has 3 nitrogen and oxygen atoms in total. The summed E-state index contributed by atoms with van der Waals surface area (Å²) in [6.07, 6.45) is 4.04. The molecule has 0 radical (unpaired) electrons. The molecule has 0 amide bonds. The second-order valence-corrected chi connectivity index (χ2v) is 5.11. The van der Waals surface area contributed by atoms with Gasteiger partial charge in [0.25, 0.3) is 0 Å². The van der Waals surface area contributed by atoms with Gasteiger partial charge in [-0.1, -0.05) is 19.1 Å². The molecule has 0 aliphatic carbocycles. The van der Waals surface area contributed by atoms with Crippen molar-refractivity contribution in [2.24, 2.45) is 0 Å². The second-order valence-electron chi connectivity index (χ2n) is 5.11. The summed E-state index contributed by atoms with van der Waals surface area (Å²) in [4.78, 5) is 2.49. The quantitative estimate of drug-likeness (QED) is 0.787. The predicted octanol–water partition coefficient (Wildman–Crippen LogP) is 2.66. The SMILES string of the molecule is CCCN(Cc1ccc(N)cc1)CC1CCCO1. The van der Waals surface area contributed by atoms with Crippen molar-refractivity contribution in [3.05, 3.63) is 29.8 Å². The summed E-state index contributed by atoms with van der Waals surface area (Å²) in [7, 11) is 0. The second kappa shape index (κ2) is 6.76. The number of nitrogen functional groups attached to an aromatic ring is 1. The Balaban J connectivity index is 1.90. The smallest absolute Gasteiger partial charge is 0.0702 e. The maximum absolute atomic E-state index is 5.72. The van der Waals surface area contributed by atoms with Gasteiger partial charge in [0, 0.05) is 25.4 Å². The molecule has 1 aliphatic rings. The van der Waals surface area contributed by atoms with Crippen LogP contribution in [-0.4, -0.2) is 30.7 Å². The topological polar surface area (TPSA) is 38.5 Å². The van der Waals surface area contributed by atoms with Crippen LogP contribution in [0.3, 0.4) is 0 Å². The average molecular weight is 248 g/mol. The van der Waals surface area contributed by atoms with E-state index in [9.17, 15) is 0 Å². The summed E-state index contributed by atoms with van der Waals surface area (Å²) in [5, 5.41) is 0. The Labute approximate surface area is 110 Å². The highest BCUT2D eigenvalue weighted by Gasteiger charge is 2.18. The molecule has 1 aromatic rings. The first kappa shape index (κ1) is 13.4. The number of hydrogen-bond donors (Lipinski definition) is 1. The predicted molar refractivity (Wildman–Crippen MR) is 75.4 cm³/mol. The molecule has 3 heteroatoms. The van der Waals surface area contributed by atoms with Crippen molar-refractivity contribution in [3.63, 3.8) is 0 Å². The van der Waals surface area contributed by atoms with Crippen LogP contribution in [0.25, 0.3) is 0 Å². The number of nitrogens with zero attached hydrogens (tertiary/aromatic N) is 1. The highest BCUT2D eigenvalue weighted by molar-refractivity contribution is 5.39. The summed E-state index contributed by atoms with van der Waals surface area (Å²) >= 11 is 0. The summed E-state index contributed by atoms with van der Waals surface area (Å²) < 4.78 is 5.72. The van der Waals surface area contributed by atoms with Gasteiger partial charge in [0.2, 0.25) is 0 Å². The summed E-state index contributed by atoms with van der Waals surface area (Å²) in [5.41, 5.74) is 7.88. The normalized spacial score (nSPS) is 19.6. The van der Waals surface area contributed by atoms with Gasteiger partial charge >= 0.3 is 0 Å². The van der Waals surface area contributed by atoms with Gasteiger partial charge in [0.05, 0.1) is 6.10 Å². The third-order valence-corrected chi connectivity index (χ3v) is 3.41. The van der Waals surface area contributed by atoms with Crippen LogP contribution in [0, 0.1) is 0 Å². The number of anilines is 1. The average Bonchev–Trinajstić information content (AvgIpc) is 2.85. The van der Waals surface area contributed by atoms with Crippen molar-refractivity contribution in [1.29, 1.82) is 0 Å². The first-order valence-corrected chi connectivity index (χ1v) is 6.96. The van der Waals surface area contributed by atoms with Gasteiger partial charge in [0.1, 0.15) is 0 Å². The Hall–Kier alpha value is -1.06. The monoisotopic (exact) mass is 248 g/mol. The maximum Gasteiger partial charge on any atom is 0.0702 e. The molecule has 2 rings (SSSR count). The number of benzene rings is 1. The van der Waals surface area contributed by atoms with Crippen LogP contribution in [0.5, 0.6) is 0 Å². The highest BCUT2D eigenvalue weighted by Crippen LogP contribution is 2.15. The minimum Gasteiger partial charge on any atom is -0.399 e. The van der Waals surface area contributed by atoms with E-state index in [2.05, 4.69) is 24.0 Å². The molecule has 1 heterocycles. The Kier molecular flexibility index (Phi) is 5.02. The van der Waals surface area contributed by atoms with E-state index >= 15 is 0 Å². The Morgan fingerprint density at radius 1 is 1.33 bits per heavy atom. The minimum atomic E-state index is 0.435. The van der Waals surface area contributed by atoms with Crippen LogP contribution < -0.4 is 5.73 Å². The summed E-state index contributed by atoms with van der Waals surface area (Å²) in [5.74, 6) is 0. The van der Waals surface area contributed by atoms with Crippen molar-refractivity contribution >= 4 is 5.69 Å². The van der Waals surface area contributed by atoms with Gasteiger partial charge in [-0.2, -0.15) is 0 Å². The molecule has 1 unspecified atom stereocenters. The Morgan fingerprint density at radius 3 is 2.72 bits per heavy atom. The molecule has 0 aromatic heterocycles. The Morgan fingerprint density at radius 2 is 2.11 bits per heavy atom. The zero-order valence-corrected chi connectivity index (χ0v) is 11.3. The third kappa shape index (κ3) is 4.00. The van der Waals surface area contributed by atoms with E-state index in [0.717, 1.165) is 31.9 Å². The number of hydrogen-bond acceptors (Lipinski definition) is 3. The van der Waals surface area contributed by atoms with Crippen LogP contribution in [0.15, 0.2) is 24.3 Å². The van der Waals surface area contributed by atoms with Gasteiger partial charge in [-0.25, -0.2) is 0 Å². The minimum absolute atomic E-state index is 0.435. The van der Waals surface area contributed by atoms with Crippen molar-refractivity contribution in [2.75, 3.05) is 25.4 Å². The van der Waals surface area contributed by atoms with Gasteiger partial charge in [-0.05, 0) is 43.5 Å². The summed E-state index contributed by atoms with van der Waals surface area (Å²) in [6, 6.07) is 8.19. The van der Waals surface area contributed by atoms with E-state index in [0.29, 0.717) is 6.10 Å². The van der Waals surface area contributed by atoms with Crippen LogP contribution in [-0.2, 0) is 11.3 Å². The van der Waals surface area contributed by atoms with E-state index in [1.807, 2.05) is 12.1 Å². The van der Waals surface area contributed by atoms with Crippen LogP contribution >= 0.6 is 0 Å². The van der Waals surface area contributed by atoms with E-state index in [4.69, 9.17) is 10.5 Å².